The molecule has 0 radical (unpaired) electrons. The van der Waals surface area contributed by atoms with Gasteiger partial charge in [-0.1, -0.05) is 18.2 Å². The monoisotopic (exact) mass is 416 g/mol. The van der Waals surface area contributed by atoms with Crippen molar-refractivity contribution >= 4 is 34.0 Å². The molecular weight excluding hydrogens is 392 g/mol. The first-order valence-corrected chi connectivity index (χ1v) is 10.5. The van der Waals surface area contributed by atoms with E-state index in [-0.39, 0.29) is 24.1 Å². The van der Waals surface area contributed by atoms with E-state index in [1.807, 2.05) is 49.4 Å². The van der Waals surface area contributed by atoms with Gasteiger partial charge in [0.1, 0.15) is 23.5 Å². The number of hydrogen-bond donors (Lipinski definition) is 1. The van der Waals surface area contributed by atoms with E-state index in [1.54, 1.807) is 4.57 Å². The predicted molar refractivity (Wildman–Crippen MR) is 120 cm³/mol. The number of rotatable bonds is 4. The van der Waals surface area contributed by atoms with Crippen LogP contribution >= 0.6 is 0 Å². The van der Waals surface area contributed by atoms with Crippen LogP contribution in [0.4, 0.5) is 5.82 Å². The SMILES string of the molecule is Cc1ccc(-n2c(N)c(C(=O)OC[C@H]3CCCO3)c3nc4ccccc4nc32)cc1C. The van der Waals surface area contributed by atoms with Gasteiger partial charge in [0.05, 0.1) is 17.1 Å². The third kappa shape index (κ3) is 3.41. The van der Waals surface area contributed by atoms with Crippen LogP contribution in [-0.2, 0) is 9.47 Å². The van der Waals surface area contributed by atoms with Gasteiger partial charge < -0.3 is 15.2 Å². The molecule has 2 aromatic carbocycles. The Kier molecular flexibility index (Phi) is 4.82. The summed E-state index contributed by atoms with van der Waals surface area (Å²) in [6, 6.07) is 13.6. The third-order valence-electron chi connectivity index (χ3n) is 5.87. The first kappa shape index (κ1) is 19.5. The number of nitrogens with two attached hydrogens (primary N) is 1. The zero-order valence-corrected chi connectivity index (χ0v) is 17.6. The second kappa shape index (κ2) is 7.67. The summed E-state index contributed by atoms with van der Waals surface area (Å²) in [5.41, 5.74) is 12.3. The number of carbonyl (C=O) groups is 1. The number of benzene rings is 2. The maximum Gasteiger partial charge on any atom is 0.344 e. The highest BCUT2D eigenvalue weighted by molar-refractivity contribution is 6.09. The second-order valence-corrected chi connectivity index (χ2v) is 7.98. The highest BCUT2D eigenvalue weighted by atomic mass is 16.6. The summed E-state index contributed by atoms with van der Waals surface area (Å²) >= 11 is 0. The minimum Gasteiger partial charge on any atom is -0.459 e. The molecule has 7 nitrogen and oxygen atoms in total. The van der Waals surface area contributed by atoms with E-state index >= 15 is 0 Å². The van der Waals surface area contributed by atoms with Crippen molar-refractivity contribution in [3.05, 3.63) is 59.2 Å². The Morgan fingerprint density at radius 1 is 1.16 bits per heavy atom. The lowest BCUT2D eigenvalue weighted by atomic mass is 10.1. The van der Waals surface area contributed by atoms with E-state index in [0.29, 0.717) is 23.3 Å². The molecule has 1 aliphatic heterocycles. The van der Waals surface area contributed by atoms with Crippen LogP contribution in [0.15, 0.2) is 42.5 Å². The number of aryl methyl sites for hydroxylation is 2. The van der Waals surface area contributed by atoms with Crippen LogP contribution in [0, 0.1) is 13.8 Å². The molecule has 2 N–H and O–H groups in total. The van der Waals surface area contributed by atoms with Crippen molar-refractivity contribution in [1.82, 2.24) is 14.5 Å². The van der Waals surface area contributed by atoms with E-state index in [4.69, 9.17) is 25.2 Å². The lowest BCUT2D eigenvalue weighted by Gasteiger charge is -2.11. The van der Waals surface area contributed by atoms with Crippen molar-refractivity contribution in [2.24, 2.45) is 0 Å². The number of nitrogen functional groups attached to an aromatic ring is 1. The zero-order chi connectivity index (χ0) is 21.5. The molecule has 7 heteroatoms. The van der Waals surface area contributed by atoms with Crippen LogP contribution in [0.5, 0.6) is 0 Å². The molecule has 0 aliphatic carbocycles. The molecule has 31 heavy (non-hydrogen) atoms. The van der Waals surface area contributed by atoms with Crippen molar-refractivity contribution in [2.75, 3.05) is 18.9 Å². The van der Waals surface area contributed by atoms with E-state index in [9.17, 15) is 4.79 Å². The van der Waals surface area contributed by atoms with E-state index < -0.39 is 5.97 Å². The average molecular weight is 416 g/mol. The van der Waals surface area contributed by atoms with Crippen molar-refractivity contribution in [2.45, 2.75) is 32.8 Å². The number of fused-ring (bicyclic) bond motifs is 2. The number of hydrogen-bond acceptors (Lipinski definition) is 6. The fraction of sp³-hybridized carbons (Fsp3) is 0.292. The first-order valence-electron chi connectivity index (χ1n) is 10.5. The van der Waals surface area contributed by atoms with Crippen LogP contribution < -0.4 is 5.73 Å². The van der Waals surface area contributed by atoms with E-state index in [2.05, 4.69) is 6.92 Å². The molecule has 1 fully saturated rings. The van der Waals surface area contributed by atoms with Crippen LogP contribution in [0.25, 0.3) is 27.9 Å². The Bertz CT molecular complexity index is 1310. The van der Waals surface area contributed by atoms with Crippen LogP contribution in [0.2, 0.25) is 0 Å². The van der Waals surface area contributed by atoms with Crippen molar-refractivity contribution < 1.29 is 14.3 Å². The summed E-state index contributed by atoms with van der Waals surface area (Å²) in [6.45, 7) is 5.00. The number of aromatic nitrogens is 3. The van der Waals surface area contributed by atoms with E-state index in [0.717, 1.165) is 29.6 Å². The summed E-state index contributed by atoms with van der Waals surface area (Å²) in [4.78, 5) is 22.6. The Labute approximate surface area is 179 Å². The molecule has 1 atom stereocenters. The molecule has 0 saturated carbocycles. The molecule has 0 amide bonds. The zero-order valence-electron chi connectivity index (χ0n) is 17.6. The molecule has 5 rings (SSSR count). The van der Waals surface area contributed by atoms with Gasteiger partial charge in [-0.25, -0.2) is 14.8 Å². The molecule has 1 aliphatic rings. The lowest BCUT2D eigenvalue weighted by Crippen LogP contribution is -2.18. The van der Waals surface area contributed by atoms with Crippen LogP contribution in [0.3, 0.4) is 0 Å². The largest absolute Gasteiger partial charge is 0.459 e. The van der Waals surface area contributed by atoms with Crippen molar-refractivity contribution in [3.63, 3.8) is 0 Å². The first-order chi connectivity index (χ1) is 15.0. The second-order valence-electron chi connectivity index (χ2n) is 7.98. The van der Waals surface area contributed by atoms with Gasteiger partial charge in [0, 0.05) is 12.3 Å². The Morgan fingerprint density at radius 2 is 1.94 bits per heavy atom. The lowest BCUT2D eigenvalue weighted by molar-refractivity contribution is 0.0163. The summed E-state index contributed by atoms with van der Waals surface area (Å²) in [5.74, 6) is -0.240. The van der Waals surface area contributed by atoms with Gasteiger partial charge in [0.2, 0.25) is 0 Å². The summed E-state index contributed by atoms with van der Waals surface area (Å²) in [6.07, 6.45) is 1.80. The number of anilines is 1. The maximum atomic E-state index is 13.1. The molecule has 4 aromatic rings. The minimum absolute atomic E-state index is 0.0646. The molecule has 0 bridgehead atoms. The van der Waals surface area contributed by atoms with E-state index in [1.165, 1.54) is 5.56 Å². The van der Waals surface area contributed by atoms with Crippen molar-refractivity contribution in [3.8, 4) is 5.69 Å². The summed E-state index contributed by atoms with van der Waals surface area (Å²) < 4.78 is 12.9. The number of esters is 1. The normalized spacial score (nSPS) is 16.3. The summed E-state index contributed by atoms with van der Waals surface area (Å²) in [7, 11) is 0. The van der Waals surface area contributed by atoms with Gasteiger partial charge in [-0.05, 0) is 62.1 Å². The fourth-order valence-electron chi connectivity index (χ4n) is 4.01. The third-order valence-corrected chi connectivity index (χ3v) is 5.87. The molecular formula is C24H24N4O3. The number of nitrogens with zero attached hydrogens (tertiary/aromatic N) is 3. The molecule has 0 spiro atoms. The van der Waals surface area contributed by atoms with Gasteiger partial charge in [-0.15, -0.1) is 0 Å². The maximum absolute atomic E-state index is 13.1. The predicted octanol–water partition coefficient (Wildman–Crippen LogP) is 4.11. The standard InChI is InChI=1S/C24H24N4O3/c1-14-9-10-16(12-15(14)2)28-22(25)20(24(29)31-13-17-6-5-11-30-17)21-23(28)27-19-8-4-3-7-18(19)26-21/h3-4,7-10,12,17H,5-6,11,13,25H2,1-2H3/t17-/m1/s1. The van der Waals surface area contributed by atoms with Gasteiger partial charge in [0.25, 0.3) is 0 Å². The quantitative estimate of drug-likeness (QED) is 0.504. The smallest absolute Gasteiger partial charge is 0.344 e. The number of carbonyl (C=O) groups excluding carboxylic acids is 1. The molecule has 0 unspecified atom stereocenters. The average Bonchev–Trinajstić information content (AvgIpc) is 3.38. The van der Waals surface area contributed by atoms with Gasteiger partial charge in [-0.2, -0.15) is 0 Å². The molecule has 158 valence electrons. The summed E-state index contributed by atoms with van der Waals surface area (Å²) in [5, 5.41) is 0. The number of para-hydroxylation sites is 2. The Morgan fingerprint density at radius 3 is 2.65 bits per heavy atom. The van der Waals surface area contributed by atoms with Gasteiger partial charge >= 0.3 is 5.97 Å². The highest BCUT2D eigenvalue weighted by Gasteiger charge is 2.27. The van der Waals surface area contributed by atoms with Crippen LogP contribution in [0.1, 0.15) is 34.3 Å². The Hall–Kier alpha value is -3.45. The topological polar surface area (TPSA) is 92.3 Å². The van der Waals surface area contributed by atoms with Gasteiger partial charge in [0.15, 0.2) is 5.65 Å². The highest BCUT2D eigenvalue weighted by Crippen LogP contribution is 2.32. The van der Waals surface area contributed by atoms with Crippen LogP contribution in [-0.4, -0.2) is 39.8 Å². The molecule has 2 aromatic heterocycles. The molecule has 1 saturated heterocycles. The molecule has 3 heterocycles. The minimum atomic E-state index is -0.509. The van der Waals surface area contributed by atoms with Crippen molar-refractivity contribution in [1.29, 1.82) is 0 Å². The fourth-order valence-corrected chi connectivity index (χ4v) is 4.01. The Balaban J connectivity index is 1.68. The van der Waals surface area contributed by atoms with Gasteiger partial charge in [-0.3, -0.25) is 4.57 Å². The number of ether oxygens (including phenoxy) is 2.